The van der Waals surface area contributed by atoms with E-state index in [0.29, 0.717) is 24.2 Å². The van der Waals surface area contributed by atoms with Gasteiger partial charge in [0.2, 0.25) is 0 Å². The third-order valence-electron chi connectivity index (χ3n) is 5.62. The third-order valence-corrected chi connectivity index (χ3v) is 5.62. The van der Waals surface area contributed by atoms with Crippen LogP contribution in [0.5, 0.6) is 0 Å². The van der Waals surface area contributed by atoms with Gasteiger partial charge in [0.1, 0.15) is 6.10 Å². The average molecular weight is 266 g/mol. The second-order valence-electron chi connectivity index (χ2n) is 6.92. The Bertz CT molecular complexity index is 401. The van der Waals surface area contributed by atoms with Gasteiger partial charge in [-0.05, 0) is 31.1 Å². The van der Waals surface area contributed by atoms with Gasteiger partial charge in [-0.1, -0.05) is 13.8 Å². The Morgan fingerprint density at radius 3 is 2.68 bits per heavy atom. The molecule has 7 unspecified atom stereocenters. The summed E-state index contributed by atoms with van der Waals surface area (Å²) in [6, 6.07) is 0. The fraction of sp³-hybridized carbons (Fsp3) is 0.933. The molecule has 2 bridgehead atoms. The molecule has 2 aliphatic carbocycles. The Hall–Kier alpha value is -0.610. The van der Waals surface area contributed by atoms with Crippen molar-refractivity contribution in [3.63, 3.8) is 0 Å². The summed E-state index contributed by atoms with van der Waals surface area (Å²) >= 11 is 0. The van der Waals surface area contributed by atoms with Crippen LogP contribution in [0.3, 0.4) is 0 Å². The molecule has 3 saturated heterocycles. The summed E-state index contributed by atoms with van der Waals surface area (Å²) in [5, 5.41) is 0. The molecule has 0 aromatic rings. The molecule has 106 valence electrons. The molecule has 5 fully saturated rings. The predicted molar refractivity (Wildman–Crippen MR) is 67.6 cm³/mol. The summed E-state index contributed by atoms with van der Waals surface area (Å²) in [6.07, 6.45) is 6.00. The number of carbonyl (C=O) groups is 1. The smallest absolute Gasteiger partial charge is 0.339 e. The highest BCUT2D eigenvalue weighted by Crippen LogP contribution is 2.49. The lowest BCUT2D eigenvalue weighted by molar-refractivity contribution is -0.268. The van der Waals surface area contributed by atoms with Crippen molar-refractivity contribution in [3.05, 3.63) is 0 Å². The second-order valence-corrected chi connectivity index (χ2v) is 6.92. The number of hydrogen-bond acceptors (Lipinski definition) is 4. The van der Waals surface area contributed by atoms with Crippen molar-refractivity contribution in [1.29, 1.82) is 0 Å². The number of esters is 1. The van der Waals surface area contributed by atoms with E-state index in [0.717, 1.165) is 32.1 Å². The van der Waals surface area contributed by atoms with Crippen LogP contribution in [0.15, 0.2) is 0 Å². The molecular weight excluding hydrogens is 244 g/mol. The highest BCUT2D eigenvalue weighted by Gasteiger charge is 2.60. The van der Waals surface area contributed by atoms with Gasteiger partial charge in [0.05, 0.1) is 18.3 Å². The zero-order valence-electron chi connectivity index (χ0n) is 11.6. The van der Waals surface area contributed by atoms with Crippen LogP contribution < -0.4 is 0 Å². The molecule has 7 atom stereocenters. The van der Waals surface area contributed by atoms with E-state index >= 15 is 0 Å². The molecule has 0 spiro atoms. The zero-order chi connectivity index (χ0) is 13.2. The minimum absolute atomic E-state index is 0.0161. The van der Waals surface area contributed by atoms with Crippen LogP contribution in [0.4, 0.5) is 0 Å². The Labute approximate surface area is 113 Å². The van der Waals surface area contributed by atoms with E-state index in [-0.39, 0.29) is 18.0 Å². The van der Waals surface area contributed by atoms with Gasteiger partial charge >= 0.3 is 5.97 Å². The lowest BCUT2D eigenvalue weighted by Crippen LogP contribution is -2.64. The molecule has 5 aliphatic rings. The van der Waals surface area contributed by atoms with Crippen molar-refractivity contribution in [2.24, 2.45) is 11.8 Å². The minimum atomic E-state index is -0.621. The van der Waals surface area contributed by atoms with Crippen LogP contribution in [-0.4, -0.2) is 36.0 Å². The molecule has 0 amide bonds. The lowest BCUT2D eigenvalue weighted by Gasteiger charge is -2.54. The van der Waals surface area contributed by atoms with Gasteiger partial charge < -0.3 is 14.2 Å². The number of carbonyl (C=O) groups excluding carboxylic acids is 1. The summed E-state index contributed by atoms with van der Waals surface area (Å²) in [7, 11) is 0. The van der Waals surface area contributed by atoms with Crippen molar-refractivity contribution in [1.82, 2.24) is 0 Å². The van der Waals surface area contributed by atoms with E-state index in [9.17, 15) is 4.79 Å². The van der Waals surface area contributed by atoms with E-state index in [2.05, 4.69) is 13.8 Å². The maximum atomic E-state index is 12.5. The topological polar surface area (TPSA) is 48.1 Å². The Morgan fingerprint density at radius 1 is 1.21 bits per heavy atom. The molecule has 0 aromatic heterocycles. The van der Waals surface area contributed by atoms with Crippen molar-refractivity contribution >= 4 is 5.97 Å². The van der Waals surface area contributed by atoms with Gasteiger partial charge in [-0.2, -0.15) is 0 Å². The summed E-state index contributed by atoms with van der Waals surface area (Å²) in [5.74, 6) is 0.569. The van der Waals surface area contributed by atoms with Crippen LogP contribution in [0.1, 0.15) is 46.0 Å². The number of hydrogen-bond donors (Lipinski definition) is 0. The molecule has 0 radical (unpaired) electrons. The van der Waals surface area contributed by atoms with E-state index in [1.54, 1.807) is 0 Å². The predicted octanol–water partition coefficient (Wildman–Crippen LogP) is 2.05. The summed E-state index contributed by atoms with van der Waals surface area (Å²) in [5.41, 5.74) is -0.621. The van der Waals surface area contributed by atoms with Crippen molar-refractivity contribution in [3.8, 4) is 0 Å². The second kappa shape index (κ2) is 3.95. The van der Waals surface area contributed by atoms with Gasteiger partial charge in [0.25, 0.3) is 0 Å². The van der Waals surface area contributed by atoms with Gasteiger partial charge in [0, 0.05) is 12.8 Å². The van der Waals surface area contributed by atoms with Gasteiger partial charge in [-0.3, -0.25) is 0 Å². The normalized spacial score (nSPS) is 54.8. The first-order chi connectivity index (χ1) is 9.08. The van der Waals surface area contributed by atoms with Crippen LogP contribution in [0, 0.1) is 11.8 Å². The summed E-state index contributed by atoms with van der Waals surface area (Å²) < 4.78 is 17.2. The molecule has 19 heavy (non-hydrogen) atoms. The third kappa shape index (κ3) is 1.76. The molecule has 3 aliphatic heterocycles. The fourth-order valence-electron chi connectivity index (χ4n) is 4.08. The van der Waals surface area contributed by atoms with E-state index < -0.39 is 5.60 Å². The maximum absolute atomic E-state index is 12.5. The van der Waals surface area contributed by atoms with Gasteiger partial charge in [-0.15, -0.1) is 0 Å². The largest absolute Gasteiger partial charge is 0.460 e. The quantitative estimate of drug-likeness (QED) is 0.567. The van der Waals surface area contributed by atoms with Crippen LogP contribution >= 0.6 is 0 Å². The zero-order valence-corrected chi connectivity index (χ0v) is 11.6. The van der Waals surface area contributed by atoms with Gasteiger partial charge in [-0.25, -0.2) is 4.79 Å². The number of epoxide rings is 1. The molecule has 5 rings (SSSR count). The van der Waals surface area contributed by atoms with Crippen molar-refractivity contribution in [2.45, 2.75) is 76.0 Å². The summed E-state index contributed by atoms with van der Waals surface area (Å²) in [4.78, 5) is 12.5. The van der Waals surface area contributed by atoms with Crippen molar-refractivity contribution < 1.29 is 19.0 Å². The average Bonchev–Trinajstić information content (AvgIpc) is 3.06. The van der Waals surface area contributed by atoms with E-state index in [1.807, 2.05) is 0 Å². The fourth-order valence-corrected chi connectivity index (χ4v) is 4.08. The molecule has 0 aromatic carbocycles. The Balaban J connectivity index is 1.43. The molecular formula is C15H22O4. The van der Waals surface area contributed by atoms with Crippen LogP contribution in [0.2, 0.25) is 0 Å². The van der Waals surface area contributed by atoms with E-state index in [1.165, 1.54) is 0 Å². The molecule has 0 N–H and O–H groups in total. The van der Waals surface area contributed by atoms with Crippen LogP contribution in [0.25, 0.3) is 0 Å². The first-order valence-corrected chi connectivity index (χ1v) is 7.63. The minimum Gasteiger partial charge on any atom is -0.460 e. The molecule has 2 saturated carbocycles. The van der Waals surface area contributed by atoms with Crippen LogP contribution in [-0.2, 0) is 19.0 Å². The Morgan fingerprint density at radius 2 is 1.95 bits per heavy atom. The number of fused-ring (bicyclic) bond motifs is 3. The standard InChI is InChI=1S/C15H22O4/c1-8-5-12-13(17-12)6-11(8)18-14(16)15-7-10(19-15)4-3-9(15)2/h8-13H,3-7H2,1-2H3. The molecule has 4 heteroatoms. The highest BCUT2D eigenvalue weighted by molar-refractivity contribution is 5.81. The monoisotopic (exact) mass is 266 g/mol. The van der Waals surface area contributed by atoms with Gasteiger partial charge in [0.15, 0.2) is 5.60 Å². The number of rotatable bonds is 2. The highest BCUT2D eigenvalue weighted by atomic mass is 16.6. The van der Waals surface area contributed by atoms with E-state index in [4.69, 9.17) is 14.2 Å². The number of ether oxygens (including phenoxy) is 3. The molecule has 3 heterocycles. The molecule has 4 nitrogen and oxygen atoms in total. The maximum Gasteiger partial charge on any atom is 0.339 e. The lowest BCUT2D eigenvalue weighted by atomic mass is 9.70. The Kier molecular flexibility index (Phi) is 2.53. The summed E-state index contributed by atoms with van der Waals surface area (Å²) in [6.45, 7) is 4.27. The SMILES string of the molecule is CC1CC2OC2CC1OC(=O)C12CC(CCC1C)O2. The van der Waals surface area contributed by atoms with Crippen molar-refractivity contribution in [2.75, 3.05) is 0 Å². The first kappa shape index (κ1) is 12.2. The first-order valence-electron chi connectivity index (χ1n) is 7.63.